The van der Waals surface area contributed by atoms with Crippen LogP contribution in [0, 0.1) is 5.92 Å². The number of alkyl halides is 1. The molecule has 1 aliphatic rings. The van der Waals surface area contributed by atoms with E-state index in [9.17, 15) is 0 Å². The Morgan fingerprint density at radius 1 is 1.06 bits per heavy atom. The molecule has 0 N–H and O–H groups in total. The Balaban J connectivity index is 1.91. The van der Waals surface area contributed by atoms with Crippen molar-refractivity contribution in [1.82, 2.24) is 0 Å². The molecular weight excluding hydrogens is 239 g/mol. The van der Waals surface area contributed by atoms with Crippen LogP contribution < -0.4 is 0 Å². The lowest BCUT2D eigenvalue weighted by molar-refractivity contribution is 0.336. The van der Waals surface area contributed by atoms with E-state index in [2.05, 4.69) is 0 Å². The molecule has 2 heteroatoms. The summed E-state index contributed by atoms with van der Waals surface area (Å²) in [4.78, 5) is 0. The molecule has 0 aromatic heterocycles. The van der Waals surface area contributed by atoms with Crippen molar-refractivity contribution in [3.05, 3.63) is 34.9 Å². The van der Waals surface area contributed by atoms with Gasteiger partial charge >= 0.3 is 0 Å². The predicted molar refractivity (Wildman–Crippen MR) is 71.2 cm³/mol. The van der Waals surface area contributed by atoms with E-state index in [1.165, 1.54) is 37.7 Å². The van der Waals surface area contributed by atoms with Crippen LogP contribution in [0.5, 0.6) is 0 Å². The van der Waals surface area contributed by atoms with Gasteiger partial charge in [-0.2, -0.15) is 0 Å². The Kier molecular flexibility index (Phi) is 4.55. The Labute approximate surface area is 108 Å². The summed E-state index contributed by atoms with van der Waals surface area (Å²) in [5.41, 5.74) is 1.21. The molecule has 0 saturated heterocycles. The molecule has 1 atom stereocenters. The maximum absolute atomic E-state index is 6.45. The Bertz CT molecular complexity index is 312. The molecule has 16 heavy (non-hydrogen) atoms. The molecule has 0 bridgehead atoms. The first-order valence-electron chi connectivity index (χ1n) is 6.15. The fourth-order valence-corrected chi connectivity index (χ4v) is 3.05. The highest BCUT2D eigenvalue weighted by molar-refractivity contribution is 6.30. The van der Waals surface area contributed by atoms with Gasteiger partial charge in [0.05, 0.1) is 5.38 Å². The lowest BCUT2D eigenvalue weighted by Crippen LogP contribution is -2.08. The smallest absolute Gasteiger partial charge is 0.0587 e. The number of hydrogen-bond donors (Lipinski definition) is 0. The van der Waals surface area contributed by atoms with Crippen LogP contribution in [-0.2, 0) is 0 Å². The van der Waals surface area contributed by atoms with Crippen LogP contribution in [0.15, 0.2) is 24.3 Å². The summed E-state index contributed by atoms with van der Waals surface area (Å²) in [6.45, 7) is 0. The highest BCUT2D eigenvalue weighted by Crippen LogP contribution is 2.35. The first-order chi connectivity index (χ1) is 7.75. The third-order valence-electron chi connectivity index (χ3n) is 3.50. The molecule has 0 spiro atoms. The number of rotatable bonds is 3. The minimum atomic E-state index is 0.153. The first kappa shape index (κ1) is 12.3. The number of benzene rings is 1. The number of halogens is 2. The highest BCUT2D eigenvalue weighted by Gasteiger charge is 2.18. The van der Waals surface area contributed by atoms with E-state index in [0.717, 1.165) is 17.4 Å². The summed E-state index contributed by atoms with van der Waals surface area (Å²) in [6.07, 6.45) is 8.00. The monoisotopic (exact) mass is 256 g/mol. The zero-order chi connectivity index (χ0) is 11.4. The van der Waals surface area contributed by atoms with Crippen LogP contribution in [-0.4, -0.2) is 0 Å². The predicted octanol–water partition coefficient (Wildman–Crippen LogP) is 5.59. The summed E-state index contributed by atoms with van der Waals surface area (Å²) >= 11 is 12.3. The van der Waals surface area contributed by atoms with Crippen molar-refractivity contribution in [2.45, 2.75) is 43.9 Å². The summed E-state index contributed by atoms with van der Waals surface area (Å²) in [5, 5.41) is 0.936. The van der Waals surface area contributed by atoms with Gasteiger partial charge in [0.25, 0.3) is 0 Å². The van der Waals surface area contributed by atoms with Crippen LogP contribution in [0.3, 0.4) is 0 Å². The van der Waals surface area contributed by atoms with Gasteiger partial charge in [-0.15, -0.1) is 11.6 Å². The van der Waals surface area contributed by atoms with Crippen molar-refractivity contribution in [2.75, 3.05) is 0 Å². The largest absolute Gasteiger partial charge is 0.118 e. The molecule has 0 nitrogen and oxygen atoms in total. The van der Waals surface area contributed by atoms with Gasteiger partial charge in [0.15, 0.2) is 0 Å². The SMILES string of the molecule is Clc1ccc(C(Cl)CC2CCCCC2)cc1. The maximum atomic E-state index is 6.45. The molecule has 1 aliphatic carbocycles. The fraction of sp³-hybridized carbons (Fsp3) is 0.571. The standard InChI is InChI=1S/C14H18Cl2/c15-13-8-6-12(7-9-13)14(16)10-11-4-2-1-3-5-11/h6-9,11,14H,1-5,10H2. The molecule has 1 aromatic rings. The molecule has 1 saturated carbocycles. The Hall–Kier alpha value is -0.200. The van der Waals surface area contributed by atoms with E-state index in [1.54, 1.807) is 0 Å². The zero-order valence-electron chi connectivity index (χ0n) is 9.46. The lowest BCUT2D eigenvalue weighted by Gasteiger charge is -2.23. The highest BCUT2D eigenvalue weighted by atomic mass is 35.5. The Morgan fingerprint density at radius 3 is 2.31 bits per heavy atom. The van der Waals surface area contributed by atoms with Gasteiger partial charge in [-0.3, -0.25) is 0 Å². The van der Waals surface area contributed by atoms with Crippen LogP contribution in [0.1, 0.15) is 49.5 Å². The second-order valence-corrected chi connectivity index (χ2v) is 5.72. The molecule has 88 valence electrons. The first-order valence-corrected chi connectivity index (χ1v) is 6.96. The van der Waals surface area contributed by atoms with Gasteiger partial charge < -0.3 is 0 Å². The van der Waals surface area contributed by atoms with Crippen molar-refractivity contribution in [3.8, 4) is 0 Å². The van der Waals surface area contributed by atoms with Crippen molar-refractivity contribution >= 4 is 23.2 Å². The van der Waals surface area contributed by atoms with Crippen molar-refractivity contribution in [3.63, 3.8) is 0 Å². The molecule has 0 heterocycles. The number of hydrogen-bond acceptors (Lipinski definition) is 0. The minimum absolute atomic E-state index is 0.153. The molecule has 0 radical (unpaired) electrons. The van der Waals surface area contributed by atoms with Crippen molar-refractivity contribution in [2.24, 2.45) is 5.92 Å². The fourth-order valence-electron chi connectivity index (χ4n) is 2.52. The van der Waals surface area contributed by atoms with Gasteiger partial charge in [-0.05, 0) is 30.0 Å². The van der Waals surface area contributed by atoms with Gasteiger partial charge in [-0.25, -0.2) is 0 Å². The summed E-state index contributed by atoms with van der Waals surface area (Å²) in [6, 6.07) is 7.94. The van der Waals surface area contributed by atoms with Gasteiger partial charge in [0.2, 0.25) is 0 Å². The quantitative estimate of drug-likeness (QED) is 0.619. The minimum Gasteiger partial charge on any atom is -0.118 e. The van der Waals surface area contributed by atoms with E-state index in [-0.39, 0.29) is 5.38 Å². The summed E-state index contributed by atoms with van der Waals surface area (Å²) < 4.78 is 0. The molecule has 2 rings (SSSR count). The maximum Gasteiger partial charge on any atom is 0.0587 e. The molecule has 1 aromatic carbocycles. The Morgan fingerprint density at radius 2 is 1.69 bits per heavy atom. The van der Waals surface area contributed by atoms with Gasteiger partial charge in [0, 0.05) is 5.02 Å². The zero-order valence-corrected chi connectivity index (χ0v) is 11.0. The van der Waals surface area contributed by atoms with E-state index in [1.807, 2.05) is 24.3 Å². The van der Waals surface area contributed by atoms with Crippen LogP contribution >= 0.6 is 23.2 Å². The summed E-state index contributed by atoms with van der Waals surface area (Å²) in [5.74, 6) is 0.826. The second kappa shape index (κ2) is 5.93. The second-order valence-electron chi connectivity index (χ2n) is 4.76. The average Bonchev–Trinajstić information content (AvgIpc) is 2.31. The third-order valence-corrected chi connectivity index (χ3v) is 4.18. The van der Waals surface area contributed by atoms with Crippen molar-refractivity contribution < 1.29 is 0 Å². The normalized spacial score (nSPS) is 19.6. The van der Waals surface area contributed by atoms with Crippen LogP contribution in [0.4, 0.5) is 0 Å². The van der Waals surface area contributed by atoms with Crippen LogP contribution in [0.25, 0.3) is 0 Å². The molecule has 0 amide bonds. The van der Waals surface area contributed by atoms with E-state index in [4.69, 9.17) is 23.2 Å². The van der Waals surface area contributed by atoms with Crippen molar-refractivity contribution in [1.29, 1.82) is 0 Å². The van der Waals surface area contributed by atoms with Gasteiger partial charge in [-0.1, -0.05) is 55.8 Å². The van der Waals surface area contributed by atoms with Crippen LogP contribution in [0.2, 0.25) is 5.02 Å². The topological polar surface area (TPSA) is 0 Å². The lowest BCUT2D eigenvalue weighted by atomic mass is 9.85. The molecule has 1 fully saturated rings. The van der Waals surface area contributed by atoms with E-state index >= 15 is 0 Å². The molecule has 0 aliphatic heterocycles. The van der Waals surface area contributed by atoms with Gasteiger partial charge in [0.1, 0.15) is 0 Å². The van der Waals surface area contributed by atoms with E-state index < -0.39 is 0 Å². The third kappa shape index (κ3) is 3.40. The average molecular weight is 257 g/mol. The molecule has 1 unspecified atom stereocenters. The molecular formula is C14H18Cl2. The van der Waals surface area contributed by atoms with E-state index in [0.29, 0.717) is 0 Å². The summed E-state index contributed by atoms with van der Waals surface area (Å²) in [7, 11) is 0.